The van der Waals surface area contributed by atoms with Gasteiger partial charge < -0.3 is 10.1 Å². The second kappa shape index (κ2) is 7.95. The number of aromatic nitrogens is 3. The van der Waals surface area contributed by atoms with Crippen LogP contribution in [0.3, 0.4) is 0 Å². The number of benzene rings is 1. The normalized spacial score (nSPS) is 10.8. The van der Waals surface area contributed by atoms with E-state index in [1.54, 1.807) is 22.7 Å². The number of para-hydroxylation sites is 2. The van der Waals surface area contributed by atoms with Gasteiger partial charge in [-0.25, -0.2) is 0 Å². The summed E-state index contributed by atoms with van der Waals surface area (Å²) in [4.78, 5) is 12.2. The summed E-state index contributed by atoms with van der Waals surface area (Å²) >= 11 is 13.3. The molecule has 25 heavy (non-hydrogen) atoms. The van der Waals surface area contributed by atoms with Crippen LogP contribution < -0.4 is 10.1 Å². The topological polar surface area (TPSA) is 68.5 Å². The van der Waals surface area contributed by atoms with Gasteiger partial charge in [-0.05, 0) is 25.1 Å². The number of anilines is 1. The van der Waals surface area contributed by atoms with Crippen LogP contribution in [-0.2, 0) is 4.79 Å². The van der Waals surface area contributed by atoms with Crippen LogP contribution in [-0.4, -0.2) is 32.9 Å². The maximum atomic E-state index is 12.2. The highest BCUT2D eigenvalue weighted by molar-refractivity contribution is 7.99. The molecule has 6 nitrogen and oxygen atoms in total. The molecule has 0 unspecified atom stereocenters. The van der Waals surface area contributed by atoms with E-state index in [0.29, 0.717) is 38.9 Å². The van der Waals surface area contributed by atoms with E-state index in [1.807, 2.05) is 25.1 Å². The van der Waals surface area contributed by atoms with Crippen LogP contribution in [0, 0.1) is 0 Å². The Morgan fingerprint density at radius 2 is 2.12 bits per heavy atom. The Morgan fingerprint density at radius 1 is 1.32 bits per heavy atom. The molecule has 0 atom stereocenters. The van der Waals surface area contributed by atoms with Gasteiger partial charge in [0, 0.05) is 6.20 Å². The number of fused-ring (bicyclic) bond motifs is 1. The third kappa shape index (κ3) is 4.18. The number of carbonyl (C=O) groups is 1. The van der Waals surface area contributed by atoms with Crippen molar-refractivity contribution in [1.29, 1.82) is 0 Å². The lowest BCUT2D eigenvalue weighted by atomic mass is 10.3. The van der Waals surface area contributed by atoms with Crippen molar-refractivity contribution in [2.45, 2.75) is 12.1 Å². The Balaban J connectivity index is 1.69. The fourth-order valence-electron chi connectivity index (χ4n) is 2.17. The summed E-state index contributed by atoms with van der Waals surface area (Å²) in [6.07, 6.45) is 1.66. The Kier molecular flexibility index (Phi) is 5.67. The van der Waals surface area contributed by atoms with Crippen molar-refractivity contribution >= 4 is 52.2 Å². The molecule has 9 heteroatoms. The molecule has 0 aliphatic carbocycles. The van der Waals surface area contributed by atoms with Crippen molar-refractivity contribution in [2.24, 2.45) is 0 Å². The summed E-state index contributed by atoms with van der Waals surface area (Å²) in [5, 5.41) is 12.3. The van der Waals surface area contributed by atoms with Gasteiger partial charge in [-0.3, -0.25) is 9.20 Å². The summed E-state index contributed by atoms with van der Waals surface area (Å²) in [6.45, 7) is 2.41. The number of pyridine rings is 1. The second-order valence-corrected chi connectivity index (χ2v) is 6.73. The predicted molar refractivity (Wildman–Crippen MR) is 100.0 cm³/mol. The smallest absolute Gasteiger partial charge is 0.234 e. The number of hydrogen-bond donors (Lipinski definition) is 1. The van der Waals surface area contributed by atoms with E-state index < -0.39 is 0 Å². The minimum absolute atomic E-state index is 0.158. The Labute approximate surface area is 158 Å². The second-order valence-electron chi connectivity index (χ2n) is 4.95. The molecule has 1 amide bonds. The first-order valence-electron chi connectivity index (χ1n) is 7.42. The minimum atomic E-state index is -0.179. The first-order valence-corrected chi connectivity index (χ1v) is 9.17. The molecule has 0 saturated carbocycles. The van der Waals surface area contributed by atoms with Crippen LogP contribution in [0.5, 0.6) is 5.75 Å². The fraction of sp³-hybridized carbons (Fsp3) is 0.188. The molecule has 1 aromatic carbocycles. The molecule has 2 heterocycles. The standard InChI is InChI=1S/C16H14Cl2N4O2S/c1-2-24-13-6-4-3-5-12(13)19-14(23)9-25-16-21-20-15-11(18)7-10(17)8-22(15)16/h3-8H,2,9H2,1H3,(H,19,23). The molecular weight excluding hydrogens is 383 g/mol. The van der Waals surface area contributed by atoms with Crippen LogP contribution >= 0.6 is 35.0 Å². The molecule has 2 aromatic heterocycles. The molecular formula is C16H14Cl2N4O2S. The van der Waals surface area contributed by atoms with Gasteiger partial charge in [0.25, 0.3) is 0 Å². The summed E-state index contributed by atoms with van der Waals surface area (Å²) in [5.41, 5.74) is 1.13. The van der Waals surface area contributed by atoms with E-state index in [9.17, 15) is 4.79 Å². The lowest BCUT2D eigenvalue weighted by Crippen LogP contribution is -2.15. The van der Waals surface area contributed by atoms with Crippen molar-refractivity contribution in [3.8, 4) is 5.75 Å². The molecule has 0 radical (unpaired) electrons. The zero-order valence-electron chi connectivity index (χ0n) is 13.2. The molecule has 0 aliphatic heterocycles. The van der Waals surface area contributed by atoms with E-state index >= 15 is 0 Å². The Morgan fingerprint density at radius 3 is 2.92 bits per heavy atom. The van der Waals surface area contributed by atoms with Crippen LogP contribution in [0.4, 0.5) is 5.69 Å². The number of thioether (sulfide) groups is 1. The summed E-state index contributed by atoms with van der Waals surface area (Å²) in [5.74, 6) is 0.614. The maximum Gasteiger partial charge on any atom is 0.234 e. The van der Waals surface area contributed by atoms with Crippen LogP contribution in [0.25, 0.3) is 5.65 Å². The number of nitrogens with zero attached hydrogens (tertiary/aromatic N) is 3. The predicted octanol–water partition coefficient (Wildman–Crippen LogP) is 4.17. The average molecular weight is 397 g/mol. The molecule has 3 aromatic rings. The lowest BCUT2D eigenvalue weighted by Gasteiger charge is -2.10. The molecule has 130 valence electrons. The molecule has 0 fully saturated rings. The monoisotopic (exact) mass is 396 g/mol. The zero-order chi connectivity index (χ0) is 17.8. The summed E-state index contributed by atoms with van der Waals surface area (Å²) in [7, 11) is 0. The Bertz CT molecular complexity index is 916. The van der Waals surface area contributed by atoms with Gasteiger partial charge in [-0.15, -0.1) is 10.2 Å². The van der Waals surface area contributed by atoms with Gasteiger partial charge in [-0.1, -0.05) is 47.1 Å². The van der Waals surface area contributed by atoms with E-state index in [1.165, 1.54) is 11.8 Å². The number of rotatable bonds is 6. The van der Waals surface area contributed by atoms with Crippen molar-refractivity contribution in [3.63, 3.8) is 0 Å². The van der Waals surface area contributed by atoms with Gasteiger partial charge in [0.2, 0.25) is 5.91 Å². The van der Waals surface area contributed by atoms with Gasteiger partial charge in [-0.2, -0.15) is 0 Å². The fourth-order valence-corrected chi connectivity index (χ4v) is 3.39. The number of halogens is 2. The SMILES string of the molecule is CCOc1ccccc1NC(=O)CSc1nnc2c(Cl)cc(Cl)cn12. The highest BCUT2D eigenvalue weighted by Gasteiger charge is 2.13. The number of nitrogens with one attached hydrogen (secondary N) is 1. The van der Waals surface area contributed by atoms with Gasteiger partial charge >= 0.3 is 0 Å². The highest BCUT2D eigenvalue weighted by Crippen LogP contribution is 2.26. The van der Waals surface area contributed by atoms with Gasteiger partial charge in [0.1, 0.15) is 5.75 Å². The molecule has 0 bridgehead atoms. The van der Waals surface area contributed by atoms with Crippen LogP contribution in [0.2, 0.25) is 10.0 Å². The lowest BCUT2D eigenvalue weighted by molar-refractivity contribution is -0.113. The number of amides is 1. The van der Waals surface area contributed by atoms with E-state index in [0.717, 1.165) is 0 Å². The van der Waals surface area contributed by atoms with E-state index in [-0.39, 0.29) is 11.7 Å². The quantitative estimate of drug-likeness (QED) is 0.633. The van der Waals surface area contributed by atoms with Crippen LogP contribution in [0.1, 0.15) is 6.92 Å². The number of ether oxygens (including phenoxy) is 1. The number of carbonyl (C=O) groups excluding carboxylic acids is 1. The van der Waals surface area contributed by atoms with Crippen molar-refractivity contribution < 1.29 is 9.53 Å². The first kappa shape index (κ1) is 17.8. The summed E-state index contributed by atoms with van der Waals surface area (Å²) in [6, 6.07) is 8.88. The maximum absolute atomic E-state index is 12.2. The Hall–Kier alpha value is -1.96. The zero-order valence-corrected chi connectivity index (χ0v) is 15.5. The third-order valence-electron chi connectivity index (χ3n) is 3.19. The first-order chi connectivity index (χ1) is 12.1. The third-order valence-corrected chi connectivity index (χ3v) is 4.62. The molecule has 0 saturated heterocycles. The van der Waals surface area contributed by atoms with Gasteiger partial charge in [0.05, 0.1) is 28.1 Å². The number of hydrogen-bond acceptors (Lipinski definition) is 5. The van der Waals surface area contributed by atoms with Gasteiger partial charge in [0.15, 0.2) is 10.8 Å². The van der Waals surface area contributed by atoms with Crippen molar-refractivity contribution in [1.82, 2.24) is 14.6 Å². The molecule has 1 N–H and O–H groups in total. The van der Waals surface area contributed by atoms with Crippen LogP contribution in [0.15, 0.2) is 41.7 Å². The highest BCUT2D eigenvalue weighted by atomic mass is 35.5. The van der Waals surface area contributed by atoms with E-state index in [2.05, 4.69) is 15.5 Å². The average Bonchev–Trinajstić information content (AvgIpc) is 2.98. The largest absolute Gasteiger partial charge is 0.492 e. The molecule has 3 rings (SSSR count). The molecule has 0 spiro atoms. The minimum Gasteiger partial charge on any atom is -0.492 e. The van der Waals surface area contributed by atoms with Crippen molar-refractivity contribution in [3.05, 3.63) is 46.6 Å². The van der Waals surface area contributed by atoms with Crippen molar-refractivity contribution in [2.75, 3.05) is 17.7 Å². The molecule has 0 aliphatic rings. The summed E-state index contributed by atoms with van der Waals surface area (Å²) < 4.78 is 7.16. The van der Waals surface area contributed by atoms with E-state index in [4.69, 9.17) is 27.9 Å².